The lowest BCUT2D eigenvalue weighted by Crippen LogP contribution is -2.43. The fourth-order valence-electron chi connectivity index (χ4n) is 1.49. The van der Waals surface area contributed by atoms with Crippen LogP contribution in [0.25, 0.3) is 0 Å². The highest BCUT2D eigenvalue weighted by atomic mass is 15.0. The Labute approximate surface area is 66.7 Å². The first kappa shape index (κ1) is 6.80. The van der Waals surface area contributed by atoms with E-state index in [2.05, 4.69) is 23.3 Å². The largest absolute Gasteiger partial charge is 0.307 e. The summed E-state index contributed by atoms with van der Waals surface area (Å²) in [5.74, 6) is 0. The number of nitrogens with zero attached hydrogens (tertiary/aromatic N) is 1. The van der Waals surface area contributed by atoms with E-state index in [9.17, 15) is 0 Å². The first-order valence-corrected chi connectivity index (χ1v) is 4.02. The van der Waals surface area contributed by atoms with E-state index in [1.807, 2.05) is 18.5 Å². The van der Waals surface area contributed by atoms with Gasteiger partial charge in [-0.25, -0.2) is 0 Å². The molecule has 2 nitrogen and oxygen atoms in total. The summed E-state index contributed by atoms with van der Waals surface area (Å²) in [5.41, 5.74) is 1.31. The van der Waals surface area contributed by atoms with E-state index >= 15 is 0 Å². The molecular weight excluding hydrogens is 136 g/mol. The van der Waals surface area contributed by atoms with Crippen LogP contribution in [0.2, 0.25) is 0 Å². The predicted octanol–water partition coefficient (Wildman–Crippen LogP) is 1.50. The Hall–Kier alpha value is -0.890. The van der Waals surface area contributed by atoms with Crippen molar-refractivity contribution in [3.8, 4) is 0 Å². The SMILES string of the molecule is CC1CC(c2cccnc2)N1. The molecule has 2 rings (SSSR count). The van der Waals surface area contributed by atoms with Gasteiger partial charge in [0.2, 0.25) is 0 Å². The number of aromatic nitrogens is 1. The first-order valence-electron chi connectivity index (χ1n) is 4.02. The first-order chi connectivity index (χ1) is 5.36. The maximum absolute atomic E-state index is 4.07. The monoisotopic (exact) mass is 148 g/mol. The third kappa shape index (κ3) is 1.26. The van der Waals surface area contributed by atoms with Gasteiger partial charge in [-0.05, 0) is 25.0 Å². The highest BCUT2D eigenvalue weighted by molar-refractivity contribution is 5.17. The van der Waals surface area contributed by atoms with Gasteiger partial charge < -0.3 is 5.32 Å². The van der Waals surface area contributed by atoms with Crippen LogP contribution in [0.1, 0.15) is 24.9 Å². The summed E-state index contributed by atoms with van der Waals surface area (Å²) < 4.78 is 0. The third-order valence-corrected chi connectivity index (χ3v) is 2.16. The molecule has 1 aliphatic heterocycles. The molecular formula is C9H12N2. The van der Waals surface area contributed by atoms with Gasteiger partial charge in [-0.3, -0.25) is 4.98 Å². The predicted molar refractivity (Wildman–Crippen MR) is 44.2 cm³/mol. The molecule has 2 heterocycles. The molecule has 0 aromatic carbocycles. The zero-order valence-corrected chi connectivity index (χ0v) is 6.62. The van der Waals surface area contributed by atoms with E-state index in [0.717, 1.165) is 0 Å². The molecule has 2 atom stereocenters. The quantitative estimate of drug-likeness (QED) is 0.653. The van der Waals surface area contributed by atoms with Gasteiger partial charge in [0, 0.05) is 24.5 Å². The van der Waals surface area contributed by atoms with E-state index < -0.39 is 0 Å². The van der Waals surface area contributed by atoms with Crippen LogP contribution in [0.15, 0.2) is 24.5 Å². The van der Waals surface area contributed by atoms with Gasteiger partial charge in [-0.15, -0.1) is 0 Å². The molecule has 0 saturated carbocycles. The molecule has 0 amide bonds. The lowest BCUT2D eigenvalue weighted by Gasteiger charge is -2.34. The van der Waals surface area contributed by atoms with Crippen LogP contribution in [-0.4, -0.2) is 11.0 Å². The average Bonchev–Trinajstić information content (AvgIpc) is 2.01. The van der Waals surface area contributed by atoms with Gasteiger partial charge in [0.1, 0.15) is 0 Å². The van der Waals surface area contributed by atoms with Crippen molar-refractivity contribution in [3.63, 3.8) is 0 Å². The Balaban J connectivity index is 2.08. The second-order valence-corrected chi connectivity index (χ2v) is 3.14. The molecule has 0 radical (unpaired) electrons. The number of hydrogen-bond acceptors (Lipinski definition) is 2. The van der Waals surface area contributed by atoms with Crippen LogP contribution in [0.4, 0.5) is 0 Å². The smallest absolute Gasteiger partial charge is 0.0352 e. The second kappa shape index (κ2) is 2.62. The number of pyridine rings is 1. The Morgan fingerprint density at radius 3 is 3.00 bits per heavy atom. The maximum Gasteiger partial charge on any atom is 0.0352 e. The van der Waals surface area contributed by atoms with E-state index in [4.69, 9.17) is 0 Å². The normalized spacial score (nSPS) is 29.5. The van der Waals surface area contributed by atoms with Crippen molar-refractivity contribution >= 4 is 0 Å². The van der Waals surface area contributed by atoms with Crippen LogP contribution in [0.5, 0.6) is 0 Å². The van der Waals surface area contributed by atoms with Gasteiger partial charge in [0.25, 0.3) is 0 Å². The third-order valence-electron chi connectivity index (χ3n) is 2.16. The molecule has 1 fully saturated rings. The zero-order valence-electron chi connectivity index (χ0n) is 6.62. The molecule has 0 bridgehead atoms. The van der Waals surface area contributed by atoms with Crippen molar-refractivity contribution in [1.29, 1.82) is 0 Å². The molecule has 1 aromatic heterocycles. The van der Waals surface area contributed by atoms with Crippen LogP contribution in [-0.2, 0) is 0 Å². The molecule has 2 unspecified atom stereocenters. The fourth-order valence-corrected chi connectivity index (χ4v) is 1.49. The van der Waals surface area contributed by atoms with Crippen molar-refractivity contribution in [3.05, 3.63) is 30.1 Å². The molecule has 11 heavy (non-hydrogen) atoms. The lowest BCUT2D eigenvalue weighted by atomic mass is 9.93. The minimum absolute atomic E-state index is 0.554. The average molecular weight is 148 g/mol. The number of rotatable bonds is 1. The van der Waals surface area contributed by atoms with E-state index in [-0.39, 0.29) is 0 Å². The van der Waals surface area contributed by atoms with Crippen molar-refractivity contribution in [2.24, 2.45) is 0 Å². The zero-order chi connectivity index (χ0) is 7.68. The summed E-state index contributed by atoms with van der Waals surface area (Å²) in [6, 6.07) is 5.34. The standard InChI is InChI=1S/C9H12N2/c1-7-5-9(11-7)8-3-2-4-10-6-8/h2-4,6-7,9,11H,5H2,1H3. The molecule has 1 aliphatic rings. The molecule has 1 N–H and O–H groups in total. The van der Waals surface area contributed by atoms with Crippen molar-refractivity contribution in [2.45, 2.75) is 25.4 Å². The van der Waals surface area contributed by atoms with Crippen LogP contribution in [0.3, 0.4) is 0 Å². The van der Waals surface area contributed by atoms with Crippen LogP contribution in [0, 0.1) is 0 Å². The Kier molecular flexibility index (Phi) is 1.62. The maximum atomic E-state index is 4.07. The second-order valence-electron chi connectivity index (χ2n) is 3.14. The topological polar surface area (TPSA) is 24.9 Å². The van der Waals surface area contributed by atoms with E-state index in [0.29, 0.717) is 12.1 Å². The van der Waals surface area contributed by atoms with Crippen LogP contribution < -0.4 is 5.32 Å². The van der Waals surface area contributed by atoms with Gasteiger partial charge >= 0.3 is 0 Å². The summed E-state index contributed by atoms with van der Waals surface area (Å²) in [5, 5.41) is 3.42. The highest BCUT2D eigenvalue weighted by Gasteiger charge is 2.25. The number of hydrogen-bond donors (Lipinski definition) is 1. The van der Waals surface area contributed by atoms with Crippen molar-refractivity contribution in [2.75, 3.05) is 0 Å². The lowest BCUT2D eigenvalue weighted by molar-refractivity contribution is 0.287. The summed E-state index contributed by atoms with van der Waals surface area (Å²) in [6.07, 6.45) is 4.99. The molecule has 0 spiro atoms. The molecule has 2 heteroatoms. The summed E-state index contributed by atoms with van der Waals surface area (Å²) in [4.78, 5) is 4.07. The van der Waals surface area contributed by atoms with Gasteiger partial charge in [-0.2, -0.15) is 0 Å². The summed E-state index contributed by atoms with van der Waals surface area (Å²) in [7, 11) is 0. The van der Waals surface area contributed by atoms with Crippen molar-refractivity contribution < 1.29 is 0 Å². The Morgan fingerprint density at radius 2 is 2.45 bits per heavy atom. The molecule has 1 aromatic rings. The minimum atomic E-state index is 0.554. The Bertz CT molecular complexity index is 227. The van der Waals surface area contributed by atoms with Gasteiger partial charge in [-0.1, -0.05) is 6.07 Å². The molecule has 1 saturated heterocycles. The summed E-state index contributed by atoms with van der Waals surface area (Å²) >= 11 is 0. The summed E-state index contributed by atoms with van der Waals surface area (Å²) in [6.45, 7) is 2.20. The van der Waals surface area contributed by atoms with Crippen molar-refractivity contribution in [1.82, 2.24) is 10.3 Å². The van der Waals surface area contributed by atoms with E-state index in [1.165, 1.54) is 12.0 Å². The highest BCUT2D eigenvalue weighted by Crippen LogP contribution is 2.26. The van der Waals surface area contributed by atoms with Crippen LogP contribution >= 0.6 is 0 Å². The Morgan fingerprint density at radius 1 is 1.64 bits per heavy atom. The molecule has 0 aliphatic carbocycles. The fraction of sp³-hybridized carbons (Fsp3) is 0.444. The minimum Gasteiger partial charge on any atom is -0.307 e. The molecule has 58 valence electrons. The van der Waals surface area contributed by atoms with Gasteiger partial charge in [0.15, 0.2) is 0 Å². The van der Waals surface area contributed by atoms with E-state index in [1.54, 1.807) is 0 Å². The van der Waals surface area contributed by atoms with Gasteiger partial charge in [0.05, 0.1) is 0 Å². The number of nitrogens with one attached hydrogen (secondary N) is 1.